The van der Waals surface area contributed by atoms with E-state index in [2.05, 4.69) is 13.5 Å². The molecule has 0 aliphatic rings. The first-order chi connectivity index (χ1) is 6.22. The van der Waals surface area contributed by atoms with Gasteiger partial charge in [-0.1, -0.05) is 50.6 Å². The van der Waals surface area contributed by atoms with Crippen molar-refractivity contribution in [2.75, 3.05) is 0 Å². The second-order valence-corrected chi connectivity index (χ2v) is 3.12. The van der Waals surface area contributed by atoms with Gasteiger partial charge in [0.05, 0.1) is 6.10 Å². The van der Waals surface area contributed by atoms with Gasteiger partial charge in [0.15, 0.2) is 0 Å². The van der Waals surface area contributed by atoms with Crippen LogP contribution in [0.3, 0.4) is 0 Å². The zero-order valence-corrected chi connectivity index (χ0v) is 8.66. The maximum atomic E-state index is 9.57. The van der Waals surface area contributed by atoms with Gasteiger partial charge in [0.2, 0.25) is 0 Å². The molecule has 0 bridgehead atoms. The molecule has 1 N–H and O–H groups in total. The molecule has 13 heavy (non-hydrogen) atoms. The molecule has 0 fully saturated rings. The molecule has 0 rings (SSSR count). The van der Waals surface area contributed by atoms with Gasteiger partial charge < -0.3 is 5.11 Å². The molecule has 0 aliphatic heterocycles. The molecule has 0 spiro atoms. The lowest BCUT2D eigenvalue weighted by Gasteiger charge is -2.08. The van der Waals surface area contributed by atoms with Crippen LogP contribution in [0.25, 0.3) is 0 Å². The van der Waals surface area contributed by atoms with E-state index in [0.717, 1.165) is 24.8 Å². The van der Waals surface area contributed by atoms with Gasteiger partial charge in [-0.25, -0.2) is 0 Å². The third-order valence-corrected chi connectivity index (χ3v) is 1.87. The Bertz CT molecular complexity index is 189. The van der Waals surface area contributed by atoms with Crippen LogP contribution in [-0.4, -0.2) is 11.2 Å². The van der Waals surface area contributed by atoms with Gasteiger partial charge in [-0.3, -0.25) is 0 Å². The van der Waals surface area contributed by atoms with Gasteiger partial charge in [-0.05, 0) is 18.9 Å². The lowest BCUT2D eigenvalue weighted by atomic mass is 10.1. The molecular weight excluding hydrogens is 160 g/mol. The van der Waals surface area contributed by atoms with Crippen molar-refractivity contribution in [3.8, 4) is 0 Å². The van der Waals surface area contributed by atoms with Crippen molar-refractivity contribution in [1.82, 2.24) is 0 Å². The Kier molecular flexibility index (Phi) is 7.32. The van der Waals surface area contributed by atoms with Crippen molar-refractivity contribution in [1.29, 1.82) is 0 Å². The number of allylic oxidation sites excluding steroid dienone is 3. The Balaban J connectivity index is 3.81. The maximum absolute atomic E-state index is 9.57. The highest BCUT2D eigenvalue weighted by Crippen LogP contribution is 2.09. The third-order valence-electron chi connectivity index (χ3n) is 1.87. The molecule has 1 unspecified atom stereocenters. The number of aliphatic hydroxyl groups is 1. The highest BCUT2D eigenvalue weighted by molar-refractivity contribution is 5.22. The minimum absolute atomic E-state index is 0.374. The SMILES string of the molecule is C=C(/C=C\C=C/C)C(O)CCCC. The van der Waals surface area contributed by atoms with E-state index in [1.807, 2.05) is 31.2 Å². The second kappa shape index (κ2) is 7.81. The van der Waals surface area contributed by atoms with E-state index in [1.54, 1.807) is 0 Å². The zero-order chi connectivity index (χ0) is 10.1. The molecule has 0 aromatic carbocycles. The minimum atomic E-state index is -0.374. The minimum Gasteiger partial charge on any atom is -0.388 e. The van der Waals surface area contributed by atoms with E-state index < -0.39 is 0 Å². The van der Waals surface area contributed by atoms with Gasteiger partial charge in [0.25, 0.3) is 0 Å². The maximum Gasteiger partial charge on any atom is 0.0784 e. The smallest absolute Gasteiger partial charge is 0.0784 e. The molecule has 0 saturated carbocycles. The lowest BCUT2D eigenvalue weighted by Crippen LogP contribution is -2.07. The highest BCUT2D eigenvalue weighted by Gasteiger charge is 2.03. The van der Waals surface area contributed by atoms with Crippen LogP contribution in [0, 0.1) is 0 Å². The van der Waals surface area contributed by atoms with Crippen molar-refractivity contribution < 1.29 is 5.11 Å². The molecule has 0 aromatic heterocycles. The van der Waals surface area contributed by atoms with Gasteiger partial charge in [-0.2, -0.15) is 0 Å². The Hall–Kier alpha value is -0.820. The molecule has 1 heteroatoms. The van der Waals surface area contributed by atoms with Crippen LogP contribution in [0.15, 0.2) is 36.5 Å². The van der Waals surface area contributed by atoms with Crippen LogP contribution >= 0.6 is 0 Å². The summed E-state index contributed by atoms with van der Waals surface area (Å²) < 4.78 is 0. The number of hydrogen-bond donors (Lipinski definition) is 1. The Morgan fingerprint density at radius 2 is 2.15 bits per heavy atom. The highest BCUT2D eigenvalue weighted by atomic mass is 16.3. The molecular formula is C12H20O. The van der Waals surface area contributed by atoms with Gasteiger partial charge in [0.1, 0.15) is 0 Å². The summed E-state index contributed by atoms with van der Waals surface area (Å²) in [5, 5.41) is 9.57. The van der Waals surface area contributed by atoms with E-state index >= 15 is 0 Å². The number of aliphatic hydroxyl groups excluding tert-OH is 1. The van der Waals surface area contributed by atoms with Crippen molar-refractivity contribution in [2.45, 2.75) is 39.2 Å². The van der Waals surface area contributed by atoms with E-state index in [1.165, 1.54) is 0 Å². The monoisotopic (exact) mass is 180 g/mol. The summed E-state index contributed by atoms with van der Waals surface area (Å²) in [7, 11) is 0. The topological polar surface area (TPSA) is 20.2 Å². The quantitative estimate of drug-likeness (QED) is 0.622. The molecule has 0 amide bonds. The van der Waals surface area contributed by atoms with Crippen molar-refractivity contribution >= 4 is 0 Å². The first-order valence-corrected chi connectivity index (χ1v) is 4.88. The average molecular weight is 180 g/mol. The summed E-state index contributed by atoms with van der Waals surface area (Å²) in [5.74, 6) is 0. The first kappa shape index (κ1) is 12.2. The standard InChI is InChI=1S/C12H20O/c1-4-6-8-9-11(3)12(13)10-7-5-2/h4,6,8-9,12-13H,3,5,7,10H2,1-2H3/b6-4-,9-8-. The lowest BCUT2D eigenvalue weighted by molar-refractivity contribution is 0.201. The Morgan fingerprint density at radius 3 is 2.69 bits per heavy atom. The van der Waals surface area contributed by atoms with E-state index in [-0.39, 0.29) is 6.10 Å². The van der Waals surface area contributed by atoms with Crippen molar-refractivity contribution in [2.24, 2.45) is 0 Å². The zero-order valence-electron chi connectivity index (χ0n) is 8.66. The summed E-state index contributed by atoms with van der Waals surface area (Å²) >= 11 is 0. The summed E-state index contributed by atoms with van der Waals surface area (Å²) in [5.41, 5.74) is 0.798. The van der Waals surface area contributed by atoms with Crippen LogP contribution in [0.2, 0.25) is 0 Å². The normalized spacial score (nSPS) is 14.1. The fourth-order valence-electron chi connectivity index (χ4n) is 0.984. The fraction of sp³-hybridized carbons (Fsp3) is 0.500. The van der Waals surface area contributed by atoms with Crippen molar-refractivity contribution in [3.63, 3.8) is 0 Å². The summed E-state index contributed by atoms with van der Waals surface area (Å²) in [6, 6.07) is 0. The molecule has 0 aromatic rings. The molecule has 74 valence electrons. The molecule has 0 radical (unpaired) electrons. The molecule has 0 aliphatic carbocycles. The third kappa shape index (κ3) is 6.35. The fourth-order valence-corrected chi connectivity index (χ4v) is 0.984. The summed E-state index contributed by atoms with van der Waals surface area (Å²) in [6.07, 6.45) is 10.2. The van der Waals surface area contributed by atoms with Gasteiger partial charge >= 0.3 is 0 Å². The number of rotatable bonds is 6. The number of hydrogen-bond acceptors (Lipinski definition) is 1. The summed E-state index contributed by atoms with van der Waals surface area (Å²) in [4.78, 5) is 0. The van der Waals surface area contributed by atoms with Crippen LogP contribution in [0.4, 0.5) is 0 Å². The van der Waals surface area contributed by atoms with E-state index in [0.29, 0.717) is 0 Å². The molecule has 0 saturated heterocycles. The molecule has 0 heterocycles. The predicted octanol–water partition coefficient (Wildman–Crippen LogP) is 3.23. The van der Waals surface area contributed by atoms with Gasteiger partial charge in [-0.15, -0.1) is 0 Å². The van der Waals surface area contributed by atoms with Crippen LogP contribution in [-0.2, 0) is 0 Å². The van der Waals surface area contributed by atoms with Crippen molar-refractivity contribution in [3.05, 3.63) is 36.5 Å². The molecule has 1 atom stereocenters. The largest absolute Gasteiger partial charge is 0.388 e. The van der Waals surface area contributed by atoms with E-state index in [4.69, 9.17) is 0 Å². The number of unbranched alkanes of at least 4 members (excludes halogenated alkanes) is 1. The van der Waals surface area contributed by atoms with Crippen LogP contribution in [0.5, 0.6) is 0 Å². The average Bonchev–Trinajstić information content (AvgIpc) is 2.14. The first-order valence-electron chi connectivity index (χ1n) is 4.88. The molecule has 1 nitrogen and oxygen atoms in total. The predicted molar refractivity (Wildman–Crippen MR) is 58.6 cm³/mol. The van der Waals surface area contributed by atoms with Gasteiger partial charge in [0, 0.05) is 0 Å². The summed E-state index contributed by atoms with van der Waals surface area (Å²) in [6.45, 7) is 7.88. The van der Waals surface area contributed by atoms with Crippen LogP contribution in [0.1, 0.15) is 33.1 Å². The second-order valence-electron chi connectivity index (χ2n) is 3.12. The van der Waals surface area contributed by atoms with Crippen LogP contribution < -0.4 is 0 Å². The van der Waals surface area contributed by atoms with E-state index in [9.17, 15) is 5.11 Å². The Morgan fingerprint density at radius 1 is 1.46 bits per heavy atom. The Labute approximate surface area is 81.5 Å².